The van der Waals surface area contributed by atoms with Crippen molar-refractivity contribution in [3.63, 3.8) is 0 Å². The third-order valence-corrected chi connectivity index (χ3v) is 5.93. The van der Waals surface area contributed by atoms with Crippen molar-refractivity contribution in [3.05, 3.63) is 0 Å². The average molecular weight is 326 g/mol. The number of hydrogen-bond donors (Lipinski definition) is 0. The van der Waals surface area contributed by atoms with E-state index in [1.165, 1.54) is 0 Å². The van der Waals surface area contributed by atoms with Gasteiger partial charge in [-0.3, -0.25) is 9.59 Å². The maximum Gasteiger partial charge on any atom is 0.260 e. The van der Waals surface area contributed by atoms with Crippen LogP contribution in [-0.2, 0) is 14.3 Å². The lowest BCUT2D eigenvalue weighted by Crippen LogP contribution is -2.58. The van der Waals surface area contributed by atoms with Crippen LogP contribution < -0.4 is 0 Å². The molecular formula is C17H27FN2O3. The number of amides is 2. The van der Waals surface area contributed by atoms with Crippen LogP contribution in [0.15, 0.2) is 0 Å². The van der Waals surface area contributed by atoms with E-state index in [0.29, 0.717) is 51.9 Å². The Balaban J connectivity index is 1.60. The number of hydrogen-bond acceptors (Lipinski definition) is 3. The fourth-order valence-corrected chi connectivity index (χ4v) is 4.15. The number of piperidine rings is 2. The summed E-state index contributed by atoms with van der Waals surface area (Å²) in [4.78, 5) is 28.7. The van der Waals surface area contributed by atoms with Crippen molar-refractivity contribution in [2.24, 2.45) is 5.41 Å². The number of rotatable bonds is 4. The molecule has 2 amide bonds. The second kappa shape index (κ2) is 6.38. The Kier molecular flexibility index (Phi) is 4.63. The molecule has 2 saturated heterocycles. The molecule has 0 aromatic heterocycles. The highest BCUT2D eigenvalue weighted by molar-refractivity contribution is 5.87. The van der Waals surface area contributed by atoms with Crippen LogP contribution in [0.2, 0.25) is 0 Å². The van der Waals surface area contributed by atoms with Gasteiger partial charge in [0, 0.05) is 33.3 Å². The minimum Gasteiger partial charge on any atom is -0.383 e. The first-order valence-corrected chi connectivity index (χ1v) is 8.77. The molecule has 3 fully saturated rings. The van der Waals surface area contributed by atoms with Gasteiger partial charge in [0.2, 0.25) is 5.91 Å². The van der Waals surface area contributed by atoms with Crippen LogP contribution in [0.5, 0.6) is 0 Å². The highest BCUT2D eigenvalue weighted by Crippen LogP contribution is 2.43. The average Bonchev–Trinajstić information content (AvgIpc) is 2.54. The molecule has 1 aliphatic carbocycles. The number of nitrogens with zero attached hydrogens (tertiary/aromatic N) is 2. The number of carbonyl (C=O) groups is 2. The van der Waals surface area contributed by atoms with Gasteiger partial charge in [0.15, 0.2) is 5.67 Å². The lowest BCUT2D eigenvalue weighted by molar-refractivity contribution is -0.159. The van der Waals surface area contributed by atoms with Crippen molar-refractivity contribution >= 4 is 11.8 Å². The largest absolute Gasteiger partial charge is 0.383 e. The topological polar surface area (TPSA) is 49.9 Å². The van der Waals surface area contributed by atoms with Gasteiger partial charge in [-0.2, -0.15) is 0 Å². The summed E-state index contributed by atoms with van der Waals surface area (Å²) < 4.78 is 19.4. The van der Waals surface area contributed by atoms with E-state index in [9.17, 15) is 14.0 Å². The molecule has 0 N–H and O–H groups in total. The van der Waals surface area contributed by atoms with Gasteiger partial charge in [0.25, 0.3) is 5.91 Å². The molecule has 3 aliphatic rings. The Morgan fingerprint density at radius 2 is 1.83 bits per heavy atom. The van der Waals surface area contributed by atoms with E-state index in [2.05, 4.69) is 0 Å². The fourth-order valence-electron chi connectivity index (χ4n) is 4.15. The van der Waals surface area contributed by atoms with Gasteiger partial charge >= 0.3 is 0 Å². The van der Waals surface area contributed by atoms with Crippen molar-refractivity contribution < 1.29 is 18.7 Å². The molecule has 6 heteroatoms. The van der Waals surface area contributed by atoms with E-state index >= 15 is 0 Å². The molecule has 1 saturated carbocycles. The van der Waals surface area contributed by atoms with Gasteiger partial charge in [0.1, 0.15) is 0 Å². The van der Waals surface area contributed by atoms with Crippen molar-refractivity contribution in [1.82, 2.24) is 9.80 Å². The van der Waals surface area contributed by atoms with Crippen LogP contribution in [0.3, 0.4) is 0 Å². The smallest absolute Gasteiger partial charge is 0.260 e. The van der Waals surface area contributed by atoms with Crippen LogP contribution >= 0.6 is 0 Å². The van der Waals surface area contributed by atoms with Gasteiger partial charge in [-0.05, 0) is 44.9 Å². The van der Waals surface area contributed by atoms with Crippen LogP contribution in [0, 0.1) is 5.41 Å². The monoisotopic (exact) mass is 326 g/mol. The summed E-state index contributed by atoms with van der Waals surface area (Å²) in [6.07, 6.45) is 4.73. The molecule has 1 spiro atoms. The standard InChI is InChI=1S/C17H27FN2O3/c1-23-13-12-19-9-3-4-16(14(19)21)7-10-20(11-8-16)15(22)17(18)5-2-6-17/h2-13H2,1H3. The Hall–Kier alpha value is -1.17. The molecule has 0 unspecified atom stereocenters. The molecular weight excluding hydrogens is 299 g/mol. The van der Waals surface area contributed by atoms with Crippen molar-refractivity contribution in [3.8, 4) is 0 Å². The molecule has 130 valence electrons. The fraction of sp³-hybridized carbons (Fsp3) is 0.882. The molecule has 0 atom stereocenters. The first-order chi connectivity index (χ1) is 11.0. The predicted molar refractivity (Wildman–Crippen MR) is 83.6 cm³/mol. The molecule has 3 rings (SSSR count). The van der Waals surface area contributed by atoms with E-state index in [1.807, 2.05) is 4.90 Å². The Morgan fingerprint density at radius 1 is 1.13 bits per heavy atom. The van der Waals surface area contributed by atoms with Crippen LogP contribution in [0.4, 0.5) is 4.39 Å². The van der Waals surface area contributed by atoms with Gasteiger partial charge < -0.3 is 14.5 Å². The summed E-state index contributed by atoms with van der Waals surface area (Å²) in [5.41, 5.74) is -1.96. The van der Waals surface area contributed by atoms with Gasteiger partial charge in [-0.1, -0.05) is 0 Å². The van der Waals surface area contributed by atoms with Gasteiger partial charge in [-0.15, -0.1) is 0 Å². The third-order valence-electron chi connectivity index (χ3n) is 5.93. The minimum atomic E-state index is -1.62. The molecule has 5 nitrogen and oxygen atoms in total. The normalized spacial score (nSPS) is 26.3. The number of ether oxygens (including phenoxy) is 1. The van der Waals surface area contributed by atoms with E-state index in [0.717, 1.165) is 25.8 Å². The number of methoxy groups -OCH3 is 1. The number of halogens is 1. The molecule has 0 radical (unpaired) electrons. The van der Waals surface area contributed by atoms with Crippen LogP contribution in [0.1, 0.15) is 44.9 Å². The maximum absolute atomic E-state index is 14.3. The molecule has 2 aliphatic heterocycles. The third kappa shape index (κ3) is 2.97. The minimum absolute atomic E-state index is 0.200. The summed E-state index contributed by atoms with van der Waals surface area (Å²) in [6, 6.07) is 0. The second-order valence-electron chi connectivity index (χ2n) is 7.28. The Morgan fingerprint density at radius 3 is 2.39 bits per heavy atom. The van der Waals surface area contributed by atoms with Crippen molar-refractivity contribution in [2.75, 3.05) is 39.9 Å². The highest BCUT2D eigenvalue weighted by Gasteiger charge is 2.51. The lowest BCUT2D eigenvalue weighted by Gasteiger charge is -2.47. The van der Waals surface area contributed by atoms with E-state index in [4.69, 9.17) is 4.74 Å². The zero-order valence-corrected chi connectivity index (χ0v) is 14.0. The molecule has 0 bridgehead atoms. The van der Waals surface area contributed by atoms with E-state index in [1.54, 1.807) is 12.0 Å². The SMILES string of the molecule is COCCN1CCCC2(CCN(C(=O)C3(F)CCC3)CC2)C1=O. The van der Waals surface area contributed by atoms with Crippen molar-refractivity contribution in [1.29, 1.82) is 0 Å². The van der Waals surface area contributed by atoms with Gasteiger partial charge in [0.05, 0.1) is 12.0 Å². The predicted octanol–water partition coefficient (Wildman–Crippen LogP) is 1.76. The maximum atomic E-state index is 14.3. The zero-order chi connectivity index (χ0) is 16.5. The Labute approximate surface area is 137 Å². The van der Waals surface area contributed by atoms with E-state index in [-0.39, 0.29) is 17.2 Å². The molecule has 0 aromatic carbocycles. The lowest BCUT2D eigenvalue weighted by atomic mass is 9.71. The number of alkyl halides is 1. The molecule has 23 heavy (non-hydrogen) atoms. The van der Waals surface area contributed by atoms with Crippen LogP contribution in [0.25, 0.3) is 0 Å². The number of carbonyl (C=O) groups excluding carboxylic acids is 2. The number of likely N-dealkylation sites (tertiary alicyclic amines) is 2. The summed E-state index contributed by atoms with van der Waals surface area (Å²) in [5.74, 6) is -0.149. The zero-order valence-electron chi connectivity index (χ0n) is 14.0. The summed E-state index contributed by atoms with van der Waals surface area (Å²) in [5, 5.41) is 0. The first kappa shape index (κ1) is 16.7. The summed E-state index contributed by atoms with van der Waals surface area (Å²) in [6.45, 7) is 2.99. The highest BCUT2D eigenvalue weighted by atomic mass is 19.1. The van der Waals surface area contributed by atoms with Gasteiger partial charge in [-0.25, -0.2) is 4.39 Å². The second-order valence-corrected chi connectivity index (χ2v) is 7.28. The molecule has 0 aromatic rings. The molecule has 2 heterocycles. The van der Waals surface area contributed by atoms with E-state index < -0.39 is 5.67 Å². The van der Waals surface area contributed by atoms with Crippen molar-refractivity contribution in [2.45, 2.75) is 50.6 Å². The first-order valence-electron chi connectivity index (χ1n) is 8.77. The quantitative estimate of drug-likeness (QED) is 0.791. The summed E-state index contributed by atoms with van der Waals surface area (Å²) >= 11 is 0. The summed E-state index contributed by atoms with van der Waals surface area (Å²) in [7, 11) is 1.64. The Bertz CT molecular complexity index is 470. The van der Waals surface area contributed by atoms with Crippen LogP contribution in [-0.4, -0.2) is 67.2 Å².